The van der Waals surface area contributed by atoms with E-state index in [1.807, 2.05) is 31.2 Å². The summed E-state index contributed by atoms with van der Waals surface area (Å²) in [4.78, 5) is 33.6. The molecule has 160 valence electrons. The second-order valence-electron chi connectivity index (χ2n) is 7.06. The minimum absolute atomic E-state index is 0.150. The fourth-order valence-corrected chi connectivity index (χ4v) is 3.04. The highest BCUT2D eigenvalue weighted by molar-refractivity contribution is 6.05. The minimum atomic E-state index is -0.403. The summed E-state index contributed by atoms with van der Waals surface area (Å²) in [5.41, 5.74) is 2.95. The van der Waals surface area contributed by atoms with Gasteiger partial charge in [-0.3, -0.25) is 4.79 Å². The van der Waals surface area contributed by atoms with Crippen LogP contribution in [0.3, 0.4) is 0 Å². The molecule has 7 heteroatoms. The number of carbonyl (C=O) groups is 2. The van der Waals surface area contributed by atoms with E-state index >= 15 is 0 Å². The first-order valence-corrected chi connectivity index (χ1v) is 10.1. The van der Waals surface area contributed by atoms with Crippen LogP contribution in [0.2, 0.25) is 0 Å². The average molecular weight is 427 g/mol. The van der Waals surface area contributed by atoms with E-state index in [1.165, 1.54) is 0 Å². The van der Waals surface area contributed by atoms with E-state index in [4.69, 9.17) is 9.15 Å². The van der Waals surface area contributed by atoms with Gasteiger partial charge in [0.25, 0.3) is 5.91 Å². The van der Waals surface area contributed by atoms with Crippen molar-refractivity contribution in [2.75, 3.05) is 11.9 Å². The van der Waals surface area contributed by atoms with Crippen LogP contribution in [0.25, 0.3) is 11.0 Å². The van der Waals surface area contributed by atoms with E-state index in [9.17, 15) is 9.59 Å². The van der Waals surface area contributed by atoms with Gasteiger partial charge in [-0.15, -0.1) is 0 Å². The highest BCUT2D eigenvalue weighted by Crippen LogP contribution is 2.17. The molecule has 2 aromatic carbocycles. The molecule has 4 aromatic rings. The molecule has 0 saturated carbocycles. The van der Waals surface area contributed by atoms with Gasteiger partial charge in [-0.25, -0.2) is 14.8 Å². The molecule has 0 aliphatic carbocycles. The van der Waals surface area contributed by atoms with Gasteiger partial charge in [0, 0.05) is 11.6 Å². The Hall–Kier alpha value is -4.26. The number of anilines is 1. The number of nitrogens with one attached hydrogen (secondary N) is 1. The number of ether oxygens (including phenoxy) is 1. The van der Waals surface area contributed by atoms with Crippen LogP contribution in [0.1, 0.15) is 33.2 Å². The SMILES string of the molecule is CCOC(=O)c1ccc(N=c2oc3ccccc3cc2C(=O)Nc2ccc(C)cn2)cc1. The predicted molar refractivity (Wildman–Crippen MR) is 121 cm³/mol. The molecule has 32 heavy (non-hydrogen) atoms. The van der Waals surface area contributed by atoms with Crippen LogP contribution in [0, 0.1) is 6.92 Å². The molecule has 0 atom stereocenters. The molecule has 0 radical (unpaired) electrons. The lowest BCUT2D eigenvalue weighted by atomic mass is 10.1. The Bertz CT molecular complexity index is 1340. The molecule has 0 fully saturated rings. The largest absolute Gasteiger partial charge is 0.462 e. The summed E-state index contributed by atoms with van der Waals surface area (Å²) in [5, 5.41) is 3.55. The monoisotopic (exact) mass is 427 g/mol. The number of carbonyl (C=O) groups excluding carboxylic acids is 2. The van der Waals surface area contributed by atoms with Crippen molar-refractivity contribution in [3.8, 4) is 0 Å². The molecule has 0 bridgehead atoms. The van der Waals surface area contributed by atoms with Crippen LogP contribution in [0.5, 0.6) is 0 Å². The maximum atomic E-state index is 13.0. The Morgan fingerprint density at radius 1 is 1.06 bits per heavy atom. The Labute approximate surface area is 184 Å². The summed E-state index contributed by atoms with van der Waals surface area (Å²) in [7, 11) is 0. The van der Waals surface area contributed by atoms with Crippen LogP contribution in [-0.2, 0) is 4.74 Å². The lowest BCUT2D eigenvalue weighted by Crippen LogP contribution is -2.22. The van der Waals surface area contributed by atoms with Gasteiger partial charge < -0.3 is 14.5 Å². The zero-order chi connectivity index (χ0) is 22.5. The van der Waals surface area contributed by atoms with E-state index in [1.54, 1.807) is 55.6 Å². The number of hydrogen-bond donors (Lipinski definition) is 1. The van der Waals surface area contributed by atoms with Gasteiger partial charge in [0.2, 0.25) is 5.55 Å². The summed E-state index contributed by atoms with van der Waals surface area (Å²) < 4.78 is 11.0. The zero-order valence-electron chi connectivity index (χ0n) is 17.7. The number of nitrogens with zero attached hydrogens (tertiary/aromatic N) is 2. The number of aryl methyl sites for hydroxylation is 1. The molecule has 0 aliphatic heterocycles. The first-order chi connectivity index (χ1) is 15.5. The Balaban J connectivity index is 1.74. The third-order valence-corrected chi connectivity index (χ3v) is 4.66. The van der Waals surface area contributed by atoms with Crippen LogP contribution >= 0.6 is 0 Å². The number of fused-ring (bicyclic) bond motifs is 1. The quantitative estimate of drug-likeness (QED) is 0.462. The van der Waals surface area contributed by atoms with Gasteiger partial charge >= 0.3 is 5.97 Å². The number of pyridine rings is 1. The maximum absolute atomic E-state index is 13.0. The lowest BCUT2D eigenvalue weighted by molar-refractivity contribution is 0.0526. The number of amides is 1. The number of aromatic nitrogens is 1. The topological polar surface area (TPSA) is 93.8 Å². The normalized spacial score (nSPS) is 11.4. The molecule has 0 saturated heterocycles. The molecule has 4 rings (SSSR count). The van der Waals surface area contributed by atoms with Gasteiger partial charge in [-0.2, -0.15) is 0 Å². The third kappa shape index (κ3) is 4.73. The molecule has 2 aromatic heterocycles. The van der Waals surface area contributed by atoms with Crippen LogP contribution in [0.15, 0.2) is 82.3 Å². The van der Waals surface area contributed by atoms with E-state index in [0.29, 0.717) is 29.3 Å². The smallest absolute Gasteiger partial charge is 0.338 e. The molecule has 7 nitrogen and oxygen atoms in total. The highest BCUT2D eigenvalue weighted by atomic mass is 16.5. The lowest BCUT2D eigenvalue weighted by Gasteiger charge is -2.07. The molecule has 0 spiro atoms. The molecule has 2 heterocycles. The van der Waals surface area contributed by atoms with Crippen molar-refractivity contribution >= 4 is 34.4 Å². The second kappa shape index (κ2) is 9.26. The number of hydrogen-bond acceptors (Lipinski definition) is 6. The van der Waals surface area contributed by atoms with Gasteiger partial charge in [-0.1, -0.05) is 24.3 Å². The average Bonchev–Trinajstić information content (AvgIpc) is 2.80. The fraction of sp³-hybridized carbons (Fsp3) is 0.120. The van der Waals surface area contributed by atoms with E-state index in [-0.39, 0.29) is 11.1 Å². The molecule has 1 amide bonds. The fourth-order valence-electron chi connectivity index (χ4n) is 3.04. The number of esters is 1. The van der Waals surface area contributed by atoms with Gasteiger partial charge in [0.15, 0.2) is 0 Å². The van der Waals surface area contributed by atoms with Crippen molar-refractivity contribution in [1.29, 1.82) is 0 Å². The first kappa shape index (κ1) is 21.0. The summed E-state index contributed by atoms with van der Waals surface area (Å²) in [6.07, 6.45) is 1.68. The van der Waals surface area contributed by atoms with E-state index in [0.717, 1.165) is 10.9 Å². The van der Waals surface area contributed by atoms with E-state index < -0.39 is 11.9 Å². The van der Waals surface area contributed by atoms with Crippen LogP contribution in [-0.4, -0.2) is 23.5 Å². The number of para-hydroxylation sites is 1. The van der Waals surface area contributed by atoms with Gasteiger partial charge in [0.1, 0.15) is 17.0 Å². The molecule has 0 unspecified atom stereocenters. The van der Waals surface area contributed by atoms with Crippen LogP contribution < -0.4 is 10.9 Å². The van der Waals surface area contributed by atoms with Crippen molar-refractivity contribution in [3.05, 3.63) is 95.2 Å². The Morgan fingerprint density at radius 3 is 2.56 bits per heavy atom. The Morgan fingerprint density at radius 2 is 1.84 bits per heavy atom. The number of rotatable bonds is 5. The molecular formula is C25H21N3O4. The minimum Gasteiger partial charge on any atom is -0.462 e. The summed E-state index contributed by atoms with van der Waals surface area (Å²) in [6.45, 7) is 3.97. The highest BCUT2D eigenvalue weighted by Gasteiger charge is 2.14. The maximum Gasteiger partial charge on any atom is 0.338 e. The van der Waals surface area contributed by atoms with Crippen molar-refractivity contribution < 1.29 is 18.7 Å². The standard InChI is InChI=1S/C25H21N3O4/c1-3-31-25(30)17-9-11-19(12-10-17)27-24-20(14-18-6-4-5-7-21(18)32-24)23(29)28-22-13-8-16(2)15-26-22/h4-15H,3H2,1-2H3,(H,26,28,29). The molecule has 1 N–H and O–H groups in total. The predicted octanol–water partition coefficient (Wildman–Crippen LogP) is 4.80. The Kier molecular flexibility index (Phi) is 6.07. The van der Waals surface area contributed by atoms with Crippen molar-refractivity contribution in [1.82, 2.24) is 4.98 Å². The van der Waals surface area contributed by atoms with Gasteiger partial charge in [-0.05, 0) is 61.9 Å². The summed E-state index contributed by atoms with van der Waals surface area (Å²) >= 11 is 0. The third-order valence-electron chi connectivity index (χ3n) is 4.66. The van der Waals surface area contributed by atoms with Crippen molar-refractivity contribution in [2.24, 2.45) is 4.99 Å². The zero-order valence-corrected chi connectivity index (χ0v) is 17.7. The van der Waals surface area contributed by atoms with Crippen molar-refractivity contribution in [2.45, 2.75) is 13.8 Å². The number of benzene rings is 2. The van der Waals surface area contributed by atoms with Crippen molar-refractivity contribution in [3.63, 3.8) is 0 Å². The van der Waals surface area contributed by atoms with E-state index in [2.05, 4.69) is 15.3 Å². The molecule has 0 aliphatic rings. The van der Waals surface area contributed by atoms with Gasteiger partial charge in [0.05, 0.1) is 17.9 Å². The molecular weight excluding hydrogens is 406 g/mol. The second-order valence-corrected chi connectivity index (χ2v) is 7.06. The summed E-state index contributed by atoms with van der Waals surface area (Å²) in [6, 6.07) is 19.3. The first-order valence-electron chi connectivity index (χ1n) is 10.1. The van der Waals surface area contributed by atoms with Crippen LogP contribution in [0.4, 0.5) is 11.5 Å². The summed E-state index contributed by atoms with van der Waals surface area (Å²) in [5.74, 6) is -0.364.